The van der Waals surface area contributed by atoms with E-state index >= 15 is 0 Å². The van der Waals surface area contributed by atoms with Gasteiger partial charge in [-0.2, -0.15) is 0 Å². The second-order valence-corrected chi connectivity index (χ2v) is 4.44. The summed E-state index contributed by atoms with van der Waals surface area (Å²) in [6, 6.07) is 0. The summed E-state index contributed by atoms with van der Waals surface area (Å²) in [4.78, 5) is 0. The molecule has 66 valence electrons. The molecule has 0 aromatic carbocycles. The van der Waals surface area contributed by atoms with Crippen molar-refractivity contribution in [2.45, 2.75) is 46.6 Å². The lowest BCUT2D eigenvalue weighted by atomic mass is 9.71. The molecule has 2 atom stereocenters. The monoisotopic (exact) mass is 156 g/mol. The van der Waals surface area contributed by atoms with Crippen molar-refractivity contribution in [3.8, 4) is 0 Å². The molecule has 2 unspecified atom stereocenters. The van der Waals surface area contributed by atoms with Crippen molar-refractivity contribution in [3.63, 3.8) is 0 Å². The third-order valence-electron chi connectivity index (χ3n) is 3.22. The lowest BCUT2D eigenvalue weighted by molar-refractivity contribution is -0.0495. The van der Waals surface area contributed by atoms with Crippen molar-refractivity contribution < 1.29 is 4.74 Å². The largest absolute Gasteiger partial charge is 0.378 e. The fourth-order valence-electron chi connectivity index (χ4n) is 1.84. The molecular formula is C10H20O. The molecule has 1 aliphatic rings. The molecule has 0 aromatic heterocycles. The van der Waals surface area contributed by atoms with Crippen LogP contribution in [0.15, 0.2) is 0 Å². The molecule has 1 nitrogen and oxygen atoms in total. The van der Waals surface area contributed by atoms with E-state index in [0.717, 1.165) is 12.5 Å². The third kappa shape index (κ3) is 1.96. The van der Waals surface area contributed by atoms with E-state index in [1.54, 1.807) is 0 Å². The van der Waals surface area contributed by atoms with Gasteiger partial charge in [-0.15, -0.1) is 0 Å². The first-order valence-corrected chi connectivity index (χ1v) is 4.66. The molecule has 0 N–H and O–H groups in total. The summed E-state index contributed by atoms with van der Waals surface area (Å²) in [5.41, 5.74) is 0.525. The smallest absolute Gasteiger partial charge is 0.0552 e. The Kier molecular flexibility index (Phi) is 2.58. The molecule has 1 heteroatoms. The average Bonchev–Trinajstić information content (AvgIpc) is 1.86. The van der Waals surface area contributed by atoms with Gasteiger partial charge >= 0.3 is 0 Å². The van der Waals surface area contributed by atoms with Crippen LogP contribution < -0.4 is 0 Å². The molecule has 0 saturated carbocycles. The summed E-state index contributed by atoms with van der Waals surface area (Å²) >= 11 is 0. The highest BCUT2D eigenvalue weighted by Gasteiger charge is 2.33. The fraction of sp³-hybridized carbons (Fsp3) is 1.00. The van der Waals surface area contributed by atoms with Crippen molar-refractivity contribution in [2.75, 3.05) is 6.61 Å². The van der Waals surface area contributed by atoms with Crippen LogP contribution >= 0.6 is 0 Å². The van der Waals surface area contributed by atoms with Crippen molar-refractivity contribution >= 4 is 0 Å². The summed E-state index contributed by atoms with van der Waals surface area (Å²) in [6.07, 6.45) is 2.93. The van der Waals surface area contributed by atoms with Gasteiger partial charge in [0.2, 0.25) is 0 Å². The van der Waals surface area contributed by atoms with Gasteiger partial charge in [-0.1, -0.05) is 20.8 Å². The van der Waals surface area contributed by atoms with Crippen LogP contribution in [0.2, 0.25) is 0 Å². The minimum Gasteiger partial charge on any atom is -0.378 e. The summed E-state index contributed by atoms with van der Waals surface area (Å²) in [7, 11) is 0. The molecule has 0 spiro atoms. The van der Waals surface area contributed by atoms with Crippen LogP contribution in [-0.4, -0.2) is 12.7 Å². The van der Waals surface area contributed by atoms with E-state index in [1.165, 1.54) is 12.8 Å². The minimum absolute atomic E-state index is 0.469. The van der Waals surface area contributed by atoms with Crippen LogP contribution in [0, 0.1) is 11.3 Å². The highest BCUT2D eigenvalue weighted by atomic mass is 16.5. The van der Waals surface area contributed by atoms with E-state index in [2.05, 4.69) is 27.7 Å². The minimum atomic E-state index is 0.469. The van der Waals surface area contributed by atoms with Gasteiger partial charge in [-0.05, 0) is 31.1 Å². The molecule has 0 bridgehead atoms. The Balaban J connectivity index is 2.55. The van der Waals surface area contributed by atoms with Gasteiger partial charge in [0.05, 0.1) is 6.10 Å². The van der Waals surface area contributed by atoms with Gasteiger partial charge in [0.25, 0.3) is 0 Å². The van der Waals surface area contributed by atoms with Gasteiger partial charge in [-0.3, -0.25) is 0 Å². The third-order valence-corrected chi connectivity index (χ3v) is 3.22. The van der Waals surface area contributed by atoms with Crippen LogP contribution in [0.1, 0.15) is 40.5 Å². The Labute approximate surface area is 70.1 Å². The van der Waals surface area contributed by atoms with E-state index in [1.807, 2.05) is 0 Å². The van der Waals surface area contributed by atoms with Gasteiger partial charge in [-0.25, -0.2) is 0 Å². The summed E-state index contributed by atoms with van der Waals surface area (Å²) in [6.45, 7) is 10.2. The van der Waals surface area contributed by atoms with Crippen LogP contribution in [0.5, 0.6) is 0 Å². The van der Waals surface area contributed by atoms with Gasteiger partial charge in [0.1, 0.15) is 0 Å². The highest BCUT2D eigenvalue weighted by Crippen LogP contribution is 2.39. The number of hydrogen-bond donors (Lipinski definition) is 0. The summed E-state index contributed by atoms with van der Waals surface area (Å²) in [5.74, 6) is 0.786. The summed E-state index contributed by atoms with van der Waals surface area (Å²) in [5, 5.41) is 0. The molecule has 0 aromatic rings. The predicted molar refractivity (Wildman–Crippen MR) is 47.6 cm³/mol. The highest BCUT2D eigenvalue weighted by molar-refractivity contribution is 4.82. The normalized spacial score (nSPS) is 39.5. The molecule has 0 radical (unpaired) electrons. The maximum absolute atomic E-state index is 5.52. The predicted octanol–water partition coefficient (Wildman–Crippen LogP) is 2.85. The standard InChI is InChI=1S/C10H20O/c1-8(2)10(4)5-6-11-9(3)7-10/h8-9H,5-7H2,1-4H3. The number of hydrogen-bond acceptors (Lipinski definition) is 1. The maximum Gasteiger partial charge on any atom is 0.0552 e. The van der Waals surface area contributed by atoms with Crippen LogP contribution in [0.4, 0.5) is 0 Å². The van der Waals surface area contributed by atoms with E-state index in [4.69, 9.17) is 4.74 Å². The Morgan fingerprint density at radius 2 is 2.09 bits per heavy atom. The molecule has 11 heavy (non-hydrogen) atoms. The molecule has 1 aliphatic heterocycles. The average molecular weight is 156 g/mol. The Morgan fingerprint density at radius 3 is 2.45 bits per heavy atom. The molecule has 0 amide bonds. The van der Waals surface area contributed by atoms with E-state index < -0.39 is 0 Å². The maximum atomic E-state index is 5.52. The molecule has 1 rings (SSSR count). The summed E-state index contributed by atoms with van der Waals surface area (Å²) < 4.78 is 5.52. The van der Waals surface area contributed by atoms with Crippen molar-refractivity contribution in [1.82, 2.24) is 0 Å². The van der Waals surface area contributed by atoms with E-state index in [9.17, 15) is 0 Å². The molecule has 1 fully saturated rings. The second kappa shape index (κ2) is 3.14. The van der Waals surface area contributed by atoms with Crippen LogP contribution in [0.25, 0.3) is 0 Å². The molecule has 1 heterocycles. The second-order valence-electron chi connectivity index (χ2n) is 4.44. The van der Waals surface area contributed by atoms with Crippen LogP contribution in [0.3, 0.4) is 0 Å². The number of ether oxygens (including phenoxy) is 1. The van der Waals surface area contributed by atoms with Crippen molar-refractivity contribution in [2.24, 2.45) is 11.3 Å². The lowest BCUT2D eigenvalue weighted by Crippen LogP contribution is -2.35. The van der Waals surface area contributed by atoms with Gasteiger partial charge in [0.15, 0.2) is 0 Å². The Hall–Kier alpha value is -0.0400. The van der Waals surface area contributed by atoms with E-state index in [0.29, 0.717) is 11.5 Å². The zero-order chi connectivity index (χ0) is 8.48. The number of rotatable bonds is 1. The first-order valence-electron chi connectivity index (χ1n) is 4.66. The van der Waals surface area contributed by atoms with Gasteiger partial charge < -0.3 is 4.74 Å². The van der Waals surface area contributed by atoms with E-state index in [-0.39, 0.29) is 0 Å². The lowest BCUT2D eigenvalue weighted by Gasteiger charge is -2.40. The fourth-order valence-corrected chi connectivity index (χ4v) is 1.84. The zero-order valence-electron chi connectivity index (χ0n) is 8.18. The Morgan fingerprint density at radius 1 is 1.45 bits per heavy atom. The topological polar surface area (TPSA) is 9.23 Å². The Bertz CT molecular complexity index is 131. The van der Waals surface area contributed by atoms with Crippen molar-refractivity contribution in [1.29, 1.82) is 0 Å². The quantitative estimate of drug-likeness (QED) is 0.567. The van der Waals surface area contributed by atoms with Crippen LogP contribution in [-0.2, 0) is 4.74 Å². The first-order chi connectivity index (χ1) is 5.04. The van der Waals surface area contributed by atoms with Gasteiger partial charge in [0, 0.05) is 6.61 Å². The molecule has 0 aliphatic carbocycles. The molecular weight excluding hydrogens is 136 g/mol. The zero-order valence-corrected chi connectivity index (χ0v) is 8.18. The SMILES string of the molecule is CC1CC(C)(C(C)C)CCO1. The first kappa shape index (κ1) is 9.05. The van der Waals surface area contributed by atoms with Crippen molar-refractivity contribution in [3.05, 3.63) is 0 Å². The molecule has 1 saturated heterocycles.